The summed E-state index contributed by atoms with van der Waals surface area (Å²) in [7, 11) is 0. The van der Waals surface area contributed by atoms with Crippen molar-refractivity contribution in [2.24, 2.45) is 10.8 Å². The van der Waals surface area contributed by atoms with Crippen molar-refractivity contribution in [2.75, 3.05) is 0 Å². The number of allylic oxidation sites excluding steroid dienone is 2. The maximum atomic E-state index is 3.69. The Morgan fingerprint density at radius 3 is 1.69 bits per heavy atom. The molecule has 0 amide bonds. The van der Waals surface area contributed by atoms with Crippen molar-refractivity contribution in [1.82, 2.24) is 5.32 Å². The normalized spacial score (nSPS) is 15.1. The molecule has 0 bridgehead atoms. The molecule has 0 aliphatic rings. The maximum absolute atomic E-state index is 3.69. The molecule has 0 saturated carbocycles. The van der Waals surface area contributed by atoms with Gasteiger partial charge in [-0.05, 0) is 31.6 Å². The van der Waals surface area contributed by atoms with E-state index < -0.39 is 0 Å². The van der Waals surface area contributed by atoms with Crippen molar-refractivity contribution in [3.05, 3.63) is 12.2 Å². The van der Waals surface area contributed by atoms with Crippen LogP contribution in [0.3, 0.4) is 0 Å². The van der Waals surface area contributed by atoms with Crippen LogP contribution in [0.15, 0.2) is 12.2 Å². The van der Waals surface area contributed by atoms with E-state index in [0.717, 1.165) is 0 Å². The Morgan fingerprint density at radius 1 is 0.938 bits per heavy atom. The predicted octanol–water partition coefficient (Wildman–Crippen LogP) is 4.39. The van der Waals surface area contributed by atoms with Gasteiger partial charge in [0.2, 0.25) is 0 Å². The zero-order valence-corrected chi connectivity index (χ0v) is 12.7. The lowest BCUT2D eigenvalue weighted by atomic mass is 9.58. The smallest absolute Gasteiger partial charge is 0.0186 e. The van der Waals surface area contributed by atoms with Gasteiger partial charge in [0.05, 0.1) is 0 Å². The van der Waals surface area contributed by atoms with Crippen LogP contribution in [0.5, 0.6) is 0 Å². The molecule has 0 saturated heterocycles. The number of nitrogens with one attached hydrogen (secondary N) is 1. The van der Waals surface area contributed by atoms with Gasteiger partial charge < -0.3 is 5.32 Å². The Kier molecular flexibility index (Phi) is 4.82. The molecule has 0 aromatic rings. The van der Waals surface area contributed by atoms with Gasteiger partial charge in [0.15, 0.2) is 0 Å². The summed E-state index contributed by atoms with van der Waals surface area (Å²) in [6.07, 6.45) is 4.48. The second-order valence-electron chi connectivity index (χ2n) is 6.77. The van der Waals surface area contributed by atoms with Crippen molar-refractivity contribution >= 4 is 0 Å². The highest BCUT2D eigenvalue weighted by molar-refractivity contribution is 5.09. The van der Waals surface area contributed by atoms with Gasteiger partial charge in [-0.15, -0.1) is 0 Å². The second kappa shape index (κ2) is 4.91. The lowest BCUT2D eigenvalue weighted by molar-refractivity contribution is 0.0421. The topological polar surface area (TPSA) is 12.0 Å². The minimum atomic E-state index is 0.101. The summed E-state index contributed by atoms with van der Waals surface area (Å²) in [5, 5.41) is 3.69. The first-order valence-electron chi connectivity index (χ1n) is 6.39. The van der Waals surface area contributed by atoms with Crippen molar-refractivity contribution < 1.29 is 0 Å². The van der Waals surface area contributed by atoms with Crippen LogP contribution >= 0.6 is 0 Å². The third kappa shape index (κ3) is 3.10. The molecule has 0 aromatic carbocycles. The lowest BCUT2D eigenvalue weighted by Crippen LogP contribution is -2.58. The Balaban J connectivity index is 5.16. The third-order valence-corrected chi connectivity index (χ3v) is 4.41. The van der Waals surface area contributed by atoms with Crippen molar-refractivity contribution in [2.45, 2.75) is 73.9 Å². The standard InChI is InChI=1S/C15H31N/c1-10-11-13(4,5)14(6,7)15(8,9)16-12(2)3/h10-12,16H,1-9H3. The van der Waals surface area contributed by atoms with Gasteiger partial charge in [0, 0.05) is 11.6 Å². The molecule has 0 fully saturated rings. The fourth-order valence-electron chi connectivity index (χ4n) is 2.33. The molecule has 0 rings (SSSR count). The monoisotopic (exact) mass is 225 g/mol. The van der Waals surface area contributed by atoms with E-state index in [1.54, 1.807) is 0 Å². The highest BCUT2D eigenvalue weighted by atomic mass is 15.0. The zero-order chi connectivity index (χ0) is 13.2. The molecule has 0 heterocycles. The number of hydrogen-bond donors (Lipinski definition) is 1. The molecule has 1 nitrogen and oxygen atoms in total. The quantitative estimate of drug-likeness (QED) is 0.684. The summed E-state index contributed by atoms with van der Waals surface area (Å²) in [4.78, 5) is 0. The lowest BCUT2D eigenvalue weighted by Gasteiger charge is -2.52. The predicted molar refractivity (Wildman–Crippen MR) is 74.7 cm³/mol. The van der Waals surface area contributed by atoms with Gasteiger partial charge in [-0.25, -0.2) is 0 Å². The zero-order valence-electron chi connectivity index (χ0n) is 12.7. The molecule has 1 heteroatoms. The van der Waals surface area contributed by atoms with Crippen LogP contribution < -0.4 is 5.32 Å². The van der Waals surface area contributed by atoms with E-state index in [1.807, 2.05) is 0 Å². The van der Waals surface area contributed by atoms with Gasteiger partial charge in [0.25, 0.3) is 0 Å². The highest BCUT2D eigenvalue weighted by Crippen LogP contribution is 2.47. The summed E-state index contributed by atoms with van der Waals surface area (Å²) in [5.41, 5.74) is 0.452. The van der Waals surface area contributed by atoms with Gasteiger partial charge in [-0.2, -0.15) is 0 Å². The van der Waals surface area contributed by atoms with E-state index >= 15 is 0 Å². The molecule has 0 unspecified atom stereocenters. The Bertz CT molecular complexity index is 244. The van der Waals surface area contributed by atoms with E-state index in [2.05, 4.69) is 79.8 Å². The van der Waals surface area contributed by atoms with Gasteiger partial charge >= 0.3 is 0 Å². The van der Waals surface area contributed by atoms with Gasteiger partial charge in [0.1, 0.15) is 0 Å². The fraction of sp³-hybridized carbons (Fsp3) is 0.867. The van der Waals surface area contributed by atoms with Crippen molar-refractivity contribution in [3.8, 4) is 0 Å². The van der Waals surface area contributed by atoms with Crippen LogP contribution in [0.2, 0.25) is 0 Å². The maximum Gasteiger partial charge on any atom is 0.0186 e. The molecule has 0 radical (unpaired) electrons. The van der Waals surface area contributed by atoms with E-state index in [-0.39, 0.29) is 16.4 Å². The van der Waals surface area contributed by atoms with E-state index in [4.69, 9.17) is 0 Å². The summed E-state index contributed by atoms with van der Waals surface area (Å²) >= 11 is 0. The molecular formula is C15H31N. The summed E-state index contributed by atoms with van der Waals surface area (Å²) < 4.78 is 0. The second-order valence-corrected chi connectivity index (χ2v) is 6.77. The van der Waals surface area contributed by atoms with Crippen LogP contribution in [-0.2, 0) is 0 Å². The third-order valence-electron chi connectivity index (χ3n) is 4.41. The SMILES string of the molecule is CC=CC(C)(C)C(C)(C)C(C)(C)NC(C)C. The van der Waals surface area contributed by atoms with Crippen LogP contribution in [0.4, 0.5) is 0 Å². The molecule has 0 aliphatic heterocycles. The average Bonchev–Trinajstić information content (AvgIpc) is 2.00. The first-order chi connectivity index (χ1) is 6.98. The molecule has 16 heavy (non-hydrogen) atoms. The summed E-state index contributed by atoms with van der Waals surface area (Å²) in [6, 6.07) is 0.510. The van der Waals surface area contributed by atoms with Crippen LogP contribution in [0.25, 0.3) is 0 Å². The van der Waals surface area contributed by atoms with Crippen LogP contribution in [0, 0.1) is 10.8 Å². The minimum Gasteiger partial charge on any atom is -0.309 e. The van der Waals surface area contributed by atoms with E-state index in [0.29, 0.717) is 6.04 Å². The summed E-state index contributed by atoms with van der Waals surface area (Å²) in [6.45, 7) is 20.5. The molecule has 96 valence electrons. The van der Waals surface area contributed by atoms with Crippen LogP contribution in [0.1, 0.15) is 62.3 Å². The first kappa shape index (κ1) is 15.7. The van der Waals surface area contributed by atoms with Crippen LogP contribution in [-0.4, -0.2) is 11.6 Å². The highest BCUT2D eigenvalue weighted by Gasteiger charge is 2.46. The van der Waals surface area contributed by atoms with Crippen molar-refractivity contribution in [1.29, 1.82) is 0 Å². The van der Waals surface area contributed by atoms with E-state index in [9.17, 15) is 0 Å². The average molecular weight is 225 g/mol. The Labute approximate surface area is 103 Å². The fourth-order valence-corrected chi connectivity index (χ4v) is 2.33. The number of rotatable bonds is 5. The summed E-state index contributed by atoms with van der Waals surface area (Å²) in [5.74, 6) is 0. The minimum absolute atomic E-state index is 0.101. The first-order valence-corrected chi connectivity index (χ1v) is 6.39. The molecule has 0 aromatic heterocycles. The largest absolute Gasteiger partial charge is 0.309 e. The Hall–Kier alpha value is -0.300. The van der Waals surface area contributed by atoms with Crippen molar-refractivity contribution in [3.63, 3.8) is 0 Å². The molecule has 0 spiro atoms. The van der Waals surface area contributed by atoms with E-state index in [1.165, 1.54) is 0 Å². The Morgan fingerprint density at radius 2 is 1.38 bits per heavy atom. The molecule has 1 N–H and O–H groups in total. The molecule has 0 atom stereocenters. The molecule has 0 aliphatic carbocycles. The number of hydrogen-bond acceptors (Lipinski definition) is 1. The molecular weight excluding hydrogens is 194 g/mol. The van der Waals surface area contributed by atoms with Gasteiger partial charge in [-0.1, -0.05) is 53.7 Å². The van der Waals surface area contributed by atoms with Gasteiger partial charge in [-0.3, -0.25) is 0 Å².